The lowest BCUT2D eigenvalue weighted by molar-refractivity contribution is 0.859. The number of aromatic nitrogens is 5. The van der Waals surface area contributed by atoms with E-state index in [0.717, 1.165) is 25.1 Å². The zero-order valence-corrected chi connectivity index (χ0v) is 14.5. The summed E-state index contributed by atoms with van der Waals surface area (Å²) >= 11 is 0. The van der Waals surface area contributed by atoms with Crippen molar-refractivity contribution in [2.24, 2.45) is 0 Å². The fraction of sp³-hybridized carbons (Fsp3) is 0.158. The Morgan fingerprint density at radius 3 is 2.81 bits per heavy atom. The summed E-state index contributed by atoms with van der Waals surface area (Å²) in [6, 6.07) is 12.1. The van der Waals surface area contributed by atoms with E-state index < -0.39 is 11.2 Å². The molecular weight excluding hydrogens is 344 g/mol. The summed E-state index contributed by atoms with van der Waals surface area (Å²) < 4.78 is 1.61. The van der Waals surface area contributed by atoms with Gasteiger partial charge in [0.05, 0.1) is 11.3 Å². The normalized spacial score (nSPS) is 11.0. The Hall–Kier alpha value is -3.68. The van der Waals surface area contributed by atoms with E-state index in [4.69, 9.17) is 0 Å². The minimum absolute atomic E-state index is 0.289. The molecule has 0 saturated heterocycles. The first kappa shape index (κ1) is 16.8. The van der Waals surface area contributed by atoms with E-state index in [2.05, 4.69) is 37.5 Å². The van der Waals surface area contributed by atoms with E-state index in [0.29, 0.717) is 11.3 Å². The summed E-state index contributed by atoms with van der Waals surface area (Å²) in [5.74, 6) is 0. The van der Waals surface area contributed by atoms with Gasteiger partial charge >= 0.3 is 5.69 Å². The average Bonchev–Trinajstić information content (AvgIpc) is 3.15. The highest BCUT2D eigenvalue weighted by molar-refractivity contribution is 5.73. The molecule has 0 aliphatic carbocycles. The predicted molar refractivity (Wildman–Crippen MR) is 103 cm³/mol. The Morgan fingerprint density at radius 2 is 2.00 bits per heavy atom. The van der Waals surface area contributed by atoms with Crippen molar-refractivity contribution in [3.8, 4) is 11.3 Å². The number of benzene rings is 1. The molecule has 8 heteroatoms. The van der Waals surface area contributed by atoms with Crippen molar-refractivity contribution in [2.75, 3.05) is 11.9 Å². The molecule has 0 fully saturated rings. The summed E-state index contributed by atoms with van der Waals surface area (Å²) in [5.41, 5.74) is 2.46. The van der Waals surface area contributed by atoms with Crippen LogP contribution >= 0.6 is 0 Å². The molecule has 3 heterocycles. The van der Waals surface area contributed by atoms with Crippen LogP contribution in [0.4, 0.5) is 5.69 Å². The Labute approximate surface area is 153 Å². The summed E-state index contributed by atoms with van der Waals surface area (Å²) in [6.07, 6.45) is 6.65. The summed E-state index contributed by atoms with van der Waals surface area (Å²) in [4.78, 5) is 32.3. The number of hydrogen-bond donors (Lipinski definition) is 3. The first-order valence-corrected chi connectivity index (χ1v) is 8.65. The number of rotatable bonds is 6. The van der Waals surface area contributed by atoms with Gasteiger partial charge in [0.2, 0.25) is 0 Å². The number of imidazole rings is 1. The molecule has 0 spiro atoms. The van der Waals surface area contributed by atoms with Gasteiger partial charge in [0.1, 0.15) is 5.69 Å². The van der Waals surface area contributed by atoms with Crippen LogP contribution in [0, 0.1) is 0 Å². The van der Waals surface area contributed by atoms with E-state index >= 15 is 0 Å². The lowest BCUT2D eigenvalue weighted by Crippen LogP contribution is -2.23. The number of fused-ring (bicyclic) bond motifs is 1. The molecule has 0 aliphatic heterocycles. The molecule has 8 nitrogen and oxygen atoms in total. The van der Waals surface area contributed by atoms with Gasteiger partial charge in [0.15, 0.2) is 5.65 Å². The third-order valence-electron chi connectivity index (χ3n) is 4.25. The maximum atomic E-state index is 12.1. The van der Waals surface area contributed by atoms with Crippen molar-refractivity contribution in [3.63, 3.8) is 0 Å². The predicted octanol–water partition coefficient (Wildman–Crippen LogP) is 1.82. The number of nitrogens with zero attached hydrogens (tertiary/aromatic N) is 3. The van der Waals surface area contributed by atoms with Crippen molar-refractivity contribution < 1.29 is 0 Å². The fourth-order valence-corrected chi connectivity index (χ4v) is 2.94. The van der Waals surface area contributed by atoms with Gasteiger partial charge < -0.3 is 10.3 Å². The second-order valence-electron chi connectivity index (χ2n) is 6.14. The lowest BCUT2D eigenvalue weighted by atomic mass is 10.1. The smallest absolute Gasteiger partial charge is 0.325 e. The van der Waals surface area contributed by atoms with Crippen molar-refractivity contribution in [1.82, 2.24) is 24.6 Å². The van der Waals surface area contributed by atoms with Crippen LogP contribution in [0.2, 0.25) is 0 Å². The Bertz CT molecular complexity index is 1180. The Kier molecular flexibility index (Phi) is 4.52. The minimum atomic E-state index is -0.549. The highest BCUT2D eigenvalue weighted by Crippen LogP contribution is 2.20. The summed E-state index contributed by atoms with van der Waals surface area (Å²) in [7, 11) is 0. The maximum absolute atomic E-state index is 12.1. The Balaban J connectivity index is 1.57. The molecule has 0 radical (unpaired) electrons. The number of H-pyrrole nitrogens is 2. The molecule has 4 aromatic rings. The molecule has 1 aromatic carbocycles. The number of anilines is 1. The topological polar surface area (TPSA) is 108 Å². The van der Waals surface area contributed by atoms with E-state index in [-0.39, 0.29) is 5.56 Å². The summed E-state index contributed by atoms with van der Waals surface area (Å²) in [5, 5.41) is 7.78. The molecule has 3 aromatic heterocycles. The van der Waals surface area contributed by atoms with Crippen molar-refractivity contribution in [3.05, 3.63) is 81.4 Å². The number of aryl methyl sites for hydroxylation is 1. The molecular formula is C19H18N6O2. The van der Waals surface area contributed by atoms with E-state index in [9.17, 15) is 9.59 Å². The average molecular weight is 362 g/mol. The number of nitrogens with one attached hydrogen (secondary N) is 3. The van der Waals surface area contributed by atoms with Crippen LogP contribution in [0.5, 0.6) is 0 Å². The van der Waals surface area contributed by atoms with Crippen LogP contribution < -0.4 is 16.6 Å². The standard InChI is InChI=1S/C19H18N6O2/c26-18-14(12-22-19(27)23-18)15-11-16(17-21-9-10-25(17)24-15)20-8-4-7-13-5-2-1-3-6-13/h1-3,5-6,9-12,20H,4,7-8H2,(H2,22,23,26,27). The van der Waals surface area contributed by atoms with Gasteiger partial charge in [-0.2, -0.15) is 5.10 Å². The summed E-state index contributed by atoms with van der Waals surface area (Å²) in [6.45, 7) is 0.753. The van der Waals surface area contributed by atoms with Crippen LogP contribution in [0.1, 0.15) is 12.0 Å². The monoisotopic (exact) mass is 362 g/mol. The van der Waals surface area contributed by atoms with Gasteiger partial charge in [-0.15, -0.1) is 0 Å². The lowest BCUT2D eigenvalue weighted by Gasteiger charge is -2.10. The van der Waals surface area contributed by atoms with Gasteiger partial charge in [-0.3, -0.25) is 9.78 Å². The minimum Gasteiger partial charge on any atom is -0.382 e. The Morgan fingerprint density at radius 1 is 1.15 bits per heavy atom. The SMILES string of the molecule is O=c1[nH]cc(-c2cc(NCCCc3ccccc3)c3nccn3n2)c(=O)[nH]1. The molecule has 27 heavy (non-hydrogen) atoms. The number of aromatic amines is 2. The second-order valence-corrected chi connectivity index (χ2v) is 6.14. The molecule has 136 valence electrons. The van der Waals surface area contributed by atoms with E-state index in [1.54, 1.807) is 23.0 Å². The zero-order valence-electron chi connectivity index (χ0n) is 14.5. The zero-order chi connectivity index (χ0) is 18.6. The van der Waals surface area contributed by atoms with E-state index in [1.807, 2.05) is 18.2 Å². The second kappa shape index (κ2) is 7.28. The molecule has 0 saturated carbocycles. The fourth-order valence-electron chi connectivity index (χ4n) is 2.94. The van der Waals surface area contributed by atoms with Crippen LogP contribution in [-0.2, 0) is 6.42 Å². The maximum Gasteiger partial charge on any atom is 0.325 e. The molecule has 4 rings (SSSR count). The van der Waals surface area contributed by atoms with Crippen LogP contribution in [0.15, 0.2) is 64.6 Å². The number of hydrogen-bond acceptors (Lipinski definition) is 5. The van der Waals surface area contributed by atoms with E-state index in [1.165, 1.54) is 11.8 Å². The van der Waals surface area contributed by atoms with Crippen LogP contribution in [0.3, 0.4) is 0 Å². The van der Waals surface area contributed by atoms with Crippen LogP contribution in [-0.4, -0.2) is 31.1 Å². The largest absolute Gasteiger partial charge is 0.382 e. The third kappa shape index (κ3) is 3.64. The quantitative estimate of drug-likeness (QED) is 0.454. The molecule has 0 atom stereocenters. The van der Waals surface area contributed by atoms with Crippen molar-refractivity contribution in [2.45, 2.75) is 12.8 Å². The highest BCUT2D eigenvalue weighted by Gasteiger charge is 2.11. The van der Waals surface area contributed by atoms with Crippen molar-refractivity contribution in [1.29, 1.82) is 0 Å². The third-order valence-corrected chi connectivity index (χ3v) is 4.25. The van der Waals surface area contributed by atoms with Crippen LogP contribution in [0.25, 0.3) is 16.9 Å². The first-order chi connectivity index (χ1) is 13.2. The molecule has 0 aliphatic rings. The molecule has 0 bridgehead atoms. The first-order valence-electron chi connectivity index (χ1n) is 8.65. The molecule has 0 amide bonds. The van der Waals surface area contributed by atoms with Gasteiger partial charge in [-0.05, 0) is 24.5 Å². The van der Waals surface area contributed by atoms with Gasteiger partial charge in [-0.25, -0.2) is 14.3 Å². The highest BCUT2D eigenvalue weighted by atomic mass is 16.2. The van der Waals surface area contributed by atoms with Crippen molar-refractivity contribution >= 4 is 11.3 Å². The van der Waals surface area contributed by atoms with Gasteiger partial charge in [0.25, 0.3) is 5.56 Å². The van der Waals surface area contributed by atoms with Gasteiger partial charge in [0, 0.05) is 25.1 Å². The molecule has 3 N–H and O–H groups in total. The molecule has 0 unspecified atom stereocenters. The van der Waals surface area contributed by atoms with Gasteiger partial charge in [-0.1, -0.05) is 30.3 Å².